The summed E-state index contributed by atoms with van der Waals surface area (Å²) in [6.07, 6.45) is 0. The van der Waals surface area contributed by atoms with Crippen LogP contribution >= 0.6 is 0 Å². The van der Waals surface area contributed by atoms with Crippen molar-refractivity contribution >= 4 is 15.7 Å². The maximum Gasteiger partial charge on any atom is 0.341 e. The number of hydrogen-bond acceptors (Lipinski definition) is 3. The largest absolute Gasteiger partial charge is 0.341 e. The molecule has 0 aromatic heterocycles. The fraction of sp³-hybridized carbons (Fsp3) is 0.350. The van der Waals surface area contributed by atoms with Crippen LogP contribution in [0.2, 0.25) is 0 Å². The third-order valence-corrected chi connectivity index (χ3v) is 6.52. The highest BCUT2D eigenvalue weighted by molar-refractivity contribution is 7.91. The quantitative estimate of drug-likeness (QED) is 0.815. The molecule has 150 valence electrons. The van der Waals surface area contributed by atoms with Gasteiger partial charge in [-0.1, -0.05) is 24.3 Å². The Balaban J connectivity index is 1.60. The van der Waals surface area contributed by atoms with Gasteiger partial charge in [0.2, 0.25) is 9.84 Å². The minimum atomic E-state index is -4.65. The second-order valence-corrected chi connectivity index (χ2v) is 8.89. The molecule has 0 saturated carbocycles. The molecule has 0 atom stereocenters. The predicted molar refractivity (Wildman–Crippen MR) is 101 cm³/mol. The van der Waals surface area contributed by atoms with Crippen molar-refractivity contribution in [1.82, 2.24) is 4.90 Å². The van der Waals surface area contributed by atoms with E-state index in [9.17, 15) is 22.0 Å². The SMILES string of the molecule is Cc1ccccc1C[NH+]1CCN(C(=O)c2ccc(S(=O)(=O)C(F)F)cc2)CC1. The molecule has 8 heteroatoms. The summed E-state index contributed by atoms with van der Waals surface area (Å²) in [5.41, 5.74) is 2.86. The Kier molecular flexibility index (Phi) is 6.10. The predicted octanol–water partition coefficient (Wildman–Crippen LogP) is 1.53. The summed E-state index contributed by atoms with van der Waals surface area (Å²) < 4.78 is 48.2. The number of piperazine rings is 1. The van der Waals surface area contributed by atoms with E-state index in [1.165, 1.54) is 28.2 Å². The molecule has 1 aliphatic heterocycles. The van der Waals surface area contributed by atoms with Crippen LogP contribution in [-0.4, -0.2) is 51.2 Å². The second kappa shape index (κ2) is 8.36. The standard InChI is InChI=1S/C20H22F2N2O3S/c1-15-4-2-3-5-17(15)14-23-10-12-24(13-11-23)19(25)16-6-8-18(9-7-16)28(26,27)20(21)22/h2-9,20H,10-14H2,1H3/p+1. The normalized spacial score (nSPS) is 15.8. The zero-order chi connectivity index (χ0) is 20.3. The van der Waals surface area contributed by atoms with Crippen molar-refractivity contribution in [1.29, 1.82) is 0 Å². The number of benzene rings is 2. The Hall–Kier alpha value is -2.32. The topological polar surface area (TPSA) is 58.9 Å². The van der Waals surface area contributed by atoms with Crippen LogP contribution in [-0.2, 0) is 16.4 Å². The minimum absolute atomic E-state index is 0.212. The van der Waals surface area contributed by atoms with Crippen LogP contribution < -0.4 is 4.90 Å². The number of amides is 1. The van der Waals surface area contributed by atoms with E-state index in [-0.39, 0.29) is 5.91 Å². The number of rotatable bonds is 5. The van der Waals surface area contributed by atoms with Gasteiger partial charge in [-0.2, -0.15) is 8.78 Å². The van der Waals surface area contributed by atoms with Gasteiger partial charge in [0.1, 0.15) is 6.54 Å². The number of halogens is 2. The van der Waals surface area contributed by atoms with Crippen molar-refractivity contribution in [3.8, 4) is 0 Å². The molecule has 1 fully saturated rings. The Morgan fingerprint density at radius 3 is 2.25 bits per heavy atom. The van der Waals surface area contributed by atoms with Crippen molar-refractivity contribution < 1.29 is 26.9 Å². The number of quaternary nitrogens is 1. The zero-order valence-electron chi connectivity index (χ0n) is 15.6. The maximum atomic E-state index is 12.6. The fourth-order valence-electron chi connectivity index (χ4n) is 3.35. The van der Waals surface area contributed by atoms with Gasteiger partial charge < -0.3 is 9.80 Å². The first kappa shape index (κ1) is 20.4. The summed E-state index contributed by atoms with van der Waals surface area (Å²) in [5.74, 6) is -3.69. The van der Waals surface area contributed by atoms with E-state index in [0.717, 1.165) is 31.8 Å². The van der Waals surface area contributed by atoms with Crippen LogP contribution in [0, 0.1) is 6.92 Å². The molecule has 2 aromatic rings. The molecule has 1 N–H and O–H groups in total. The molecule has 28 heavy (non-hydrogen) atoms. The second-order valence-electron chi connectivity index (χ2n) is 6.98. The van der Waals surface area contributed by atoms with E-state index in [2.05, 4.69) is 19.1 Å². The first-order valence-electron chi connectivity index (χ1n) is 9.08. The van der Waals surface area contributed by atoms with Gasteiger partial charge in [-0.3, -0.25) is 4.79 Å². The van der Waals surface area contributed by atoms with E-state index in [4.69, 9.17) is 0 Å². The number of aryl methyl sites for hydroxylation is 1. The van der Waals surface area contributed by atoms with Crippen molar-refractivity contribution in [2.75, 3.05) is 26.2 Å². The lowest BCUT2D eigenvalue weighted by Gasteiger charge is -2.32. The monoisotopic (exact) mass is 409 g/mol. The molecule has 1 aliphatic rings. The molecule has 0 radical (unpaired) electrons. The number of sulfone groups is 1. The molecule has 1 amide bonds. The highest BCUT2D eigenvalue weighted by Gasteiger charge is 2.28. The first-order valence-corrected chi connectivity index (χ1v) is 10.6. The third kappa shape index (κ3) is 4.39. The van der Waals surface area contributed by atoms with Crippen LogP contribution in [0.3, 0.4) is 0 Å². The molecule has 0 aliphatic carbocycles. The summed E-state index contributed by atoms with van der Waals surface area (Å²) in [7, 11) is -4.65. The molecule has 0 bridgehead atoms. The number of carbonyl (C=O) groups is 1. The van der Waals surface area contributed by atoms with Crippen LogP contribution in [0.1, 0.15) is 21.5 Å². The molecule has 1 saturated heterocycles. The average molecular weight is 409 g/mol. The van der Waals surface area contributed by atoms with Gasteiger partial charge in [-0.15, -0.1) is 0 Å². The van der Waals surface area contributed by atoms with Gasteiger partial charge in [-0.05, 0) is 36.8 Å². The number of carbonyl (C=O) groups excluding carboxylic acids is 1. The summed E-state index contributed by atoms with van der Waals surface area (Å²) in [6.45, 7) is 5.82. The summed E-state index contributed by atoms with van der Waals surface area (Å²) >= 11 is 0. The molecular weight excluding hydrogens is 386 g/mol. The van der Waals surface area contributed by atoms with Crippen molar-refractivity contribution in [3.63, 3.8) is 0 Å². The fourth-order valence-corrected chi connectivity index (χ4v) is 4.07. The lowest BCUT2D eigenvalue weighted by molar-refractivity contribution is -0.917. The lowest BCUT2D eigenvalue weighted by Crippen LogP contribution is -3.13. The molecule has 0 spiro atoms. The molecule has 5 nitrogen and oxygen atoms in total. The maximum absolute atomic E-state index is 12.6. The van der Waals surface area contributed by atoms with Crippen LogP contribution in [0.15, 0.2) is 53.4 Å². The highest BCUT2D eigenvalue weighted by atomic mass is 32.2. The number of alkyl halides is 2. The molecular formula is C20H23F2N2O3S+. The van der Waals surface area contributed by atoms with Crippen LogP contribution in [0.5, 0.6) is 0 Å². The van der Waals surface area contributed by atoms with E-state index in [1.807, 2.05) is 12.1 Å². The van der Waals surface area contributed by atoms with Crippen LogP contribution in [0.4, 0.5) is 8.78 Å². The number of nitrogens with zero attached hydrogens (tertiary/aromatic N) is 1. The van der Waals surface area contributed by atoms with Gasteiger partial charge >= 0.3 is 5.76 Å². The summed E-state index contributed by atoms with van der Waals surface area (Å²) in [6, 6.07) is 13.0. The molecule has 1 heterocycles. The van der Waals surface area contributed by atoms with E-state index < -0.39 is 20.5 Å². The Morgan fingerprint density at radius 2 is 1.68 bits per heavy atom. The molecule has 0 unspecified atom stereocenters. The smallest absolute Gasteiger partial charge is 0.328 e. The molecule has 3 rings (SSSR count). The van der Waals surface area contributed by atoms with Crippen molar-refractivity contribution in [2.45, 2.75) is 24.1 Å². The first-order chi connectivity index (χ1) is 13.3. The van der Waals surface area contributed by atoms with Gasteiger partial charge in [0, 0.05) is 11.1 Å². The minimum Gasteiger partial charge on any atom is -0.328 e. The zero-order valence-corrected chi connectivity index (χ0v) is 16.4. The van der Waals surface area contributed by atoms with Gasteiger partial charge in [0.25, 0.3) is 5.91 Å². The number of nitrogens with one attached hydrogen (secondary N) is 1. The van der Waals surface area contributed by atoms with E-state index in [1.54, 1.807) is 4.90 Å². The number of hydrogen-bond donors (Lipinski definition) is 1. The third-order valence-electron chi connectivity index (χ3n) is 5.12. The van der Waals surface area contributed by atoms with Crippen LogP contribution in [0.25, 0.3) is 0 Å². The Morgan fingerprint density at radius 1 is 1.07 bits per heavy atom. The van der Waals surface area contributed by atoms with Gasteiger partial charge in [0.15, 0.2) is 0 Å². The highest BCUT2D eigenvalue weighted by Crippen LogP contribution is 2.19. The molecule has 2 aromatic carbocycles. The van der Waals surface area contributed by atoms with E-state index in [0.29, 0.717) is 18.7 Å². The van der Waals surface area contributed by atoms with Crippen molar-refractivity contribution in [3.05, 3.63) is 65.2 Å². The summed E-state index contributed by atoms with van der Waals surface area (Å²) in [4.78, 5) is 15.3. The lowest BCUT2D eigenvalue weighted by atomic mass is 10.1. The summed E-state index contributed by atoms with van der Waals surface area (Å²) in [5, 5.41) is 0. The Bertz CT molecular complexity index is 938. The van der Waals surface area contributed by atoms with Gasteiger partial charge in [-0.25, -0.2) is 8.42 Å². The average Bonchev–Trinajstić information content (AvgIpc) is 2.70. The van der Waals surface area contributed by atoms with Crippen molar-refractivity contribution in [2.24, 2.45) is 0 Å². The Labute approximate surface area is 163 Å². The van der Waals surface area contributed by atoms with E-state index >= 15 is 0 Å². The van der Waals surface area contributed by atoms with Gasteiger partial charge in [0.05, 0.1) is 31.1 Å².